The molecule has 0 aromatic heterocycles. The number of hydrogen-bond donors (Lipinski definition) is 0. The van der Waals surface area contributed by atoms with E-state index in [9.17, 15) is 10.1 Å². The molecule has 0 saturated carbocycles. The Morgan fingerprint density at radius 2 is 2.00 bits per heavy atom. The van der Waals surface area contributed by atoms with E-state index >= 15 is 0 Å². The summed E-state index contributed by atoms with van der Waals surface area (Å²) >= 11 is 5.88. The first-order valence-electron chi connectivity index (χ1n) is 5.99. The molecular formula is C16H12ClNO2. The van der Waals surface area contributed by atoms with Gasteiger partial charge >= 0.3 is 0 Å². The van der Waals surface area contributed by atoms with E-state index in [0.29, 0.717) is 21.9 Å². The summed E-state index contributed by atoms with van der Waals surface area (Å²) in [6.45, 7) is 0. The summed E-state index contributed by atoms with van der Waals surface area (Å²) in [5.74, 6) is -0.682. The maximum atomic E-state index is 12.5. The van der Waals surface area contributed by atoms with Gasteiger partial charge in [0.15, 0.2) is 5.78 Å². The van der Waals surface area contributed by atoms with Gasteiger partial charge in [0.05, 0.1) is 13.2 Å². The molecule has 4 heteroatoms. The summed E-state index contributed by atoms with van der Waals surface area (Å²) in [5, 5.41) is 9.81. The summed E-state index contributed by atoms with van der Waals surface area (Å²) in [5.41, 5.74) is 0.970. The van der Waals surface area contributed by atoms with Crippen molar-refractivity contribution in [1.29, 1.82) is 5.26 Å². The van der Waals surface area contributed by atoms with E-state index in [4.69, 9.17) is 16.3 Å². The monoisotopic (exact) mass is 285 g/mol. The van der Waals surface area contributed by atoms with Crippen molar-refractivity contribution in [1.82, 2.24) is 0 Å². The molecule has 0 aliphatic carbocycles. The van der Waals surface area contributed by atoms with Crippen LogP contribution in [0.5, 0.6) is 5.75 Å². The quantitative estimate of drug-likeness (QED) is 0.802. The van der Waals surface area contributed by atoms with Gasteiger partial charge in [0, 0.05) is 16.1 Å². The van der Waals surface area contributed by atoms with Crippen LogP contribution in [0.3, 0.4) is 0 Å². The Morgan fingerprint density at radius 1 is 1.25 bits per heavy atom. The van der Waals surface area contributed by atoms with Crippen molar-refractivity contribution in [3.8, 4) is 11.8 Å². The molecule has 0 aliphatic rings. The van der Waals surface area contributed by atoms with Crippen molar-refractivity contribution in [2.75, 3.05) is 7.11 Å². The number of benzene rings is 2. The highest BCUT2D eigenvalue weighted by molar-refractivity contribution is 6.31. The minimum Gasteiger partial charge on any atom is -0.496 e. The summed E-state index contributed by atoms with van der Waals surface area (Å²) in [6, 6.07) is 15.6. The molecule has 0 saturated heterocycles. The number of ether oxygens (including phenoxy) is 1. The van der Waals surface area contributed by atoms with Crippen molar-refractivity contribution in [2.45, 2.75) is 5.92 Å². The smallest absolute Gasteiger partial charge is 0.184 e. The van der Waals surface area contributed by atoms with E-state index in [1.807, 2.05) is 6.07 Å². The fourth-order valence-corrected chi connectivity index (χ4v) is 2.17. The maximum absolute atomic E-state index is 12.5. The molecule has 2 aromatic rings. The molecule has 0 radical (unpaired) electrons. The van der Waals surface area contributed by atoms with E-state index in [1.165, 1.54) is 7.11 Å². The average molecular weight is 286 g/mol. The van der Waals surface area contributed by atoms with Crippen molar-refractivity contribution in [3.05, 3.63) is 64.7 Å². The lowest BCUT2D eigenvalue weighted by Gasteiger charge is -2.12. The van der Waals surface area contributed by atoms with Crippen LogP contribution in [0.25, 0.3) is 0 Å². The molecule has 0 amide bonds. The number of nitriles is 1. The number of carbonyl (C=O) groups excluding carboxylic acids is 1. The molecule has 0 N–H and O–H groups in total. The molecule has 1 atom stereocenters. The zero-order valence-corrected chi connectivity index (χ0v) is 11.6. The van der Waals surface area contributed by atoms with E-state index in [-0.39, 0.29) is 5.78 Å². The summed E-state index contributed by atoms with van der Waals surface area (Å²) in [7, 11) is 1.51. The van der Waals surface area contributed by atoms with E-state index in [2.05, 4.69) is 0 Å². The van der Waals surface area contributed by atoms with Gasteiger partial charge in [-0.2, -0.15) is 5.26 Å². The molecule has 0 spiro atoms. The van der Waals surface area contributed by atoms with Crippen LogP contribution in [-0.2, 0) is 0 Å². The number of ketones is 1. The van der Waals surface area contributed by atoms with Crippen LogP contribution in [0.1, 0.15) is 21.8 Å². The number of carbonyl (C=O) groups is 1. The first-order chi connectivity index (χ1) is 9.67. The standard InChI is InChI=1S/C16H12ClNO2/c1-20-15-8-3-2-7-13(15)14(10-18)16(19)11-5-4-6-12(17)9-11/h2-9,14H,1H3. The molecule has 1 unspecified atom stereocenters. The van der Waals surface area contributed by atoms with Gasteiger partial charge in [0.2, 0.25) is 0 Å². The third kappa shape index (κ3) is 2.81. The first-order valence-corrected chi connectivity index (χ1v) is 6.37. The molecule has 20 heavy (non-hydrogen) atoms. The predicted octanol–water partition coefficient (Wildman–Crippen LogP) is 3.84. The lowest BCUT2D eigenvalue weighted by atomic mass is 9.91. The van der Waals surface area contributed by atoms with Gasteiger partial charge in [0.1, 0.15) is 11.7 Å². The minimum absolute atomic E-state index is 0.292. The van der Waals surface area contributed by atoms with Crippen LogP contribution < -0.4 is 4.74 Å². The number of rotatable bonds is 4. The largest absolute Gasteiger partial charge is 0.496 e. The van der Waals surface area contributed by atoms with Crippen LogP contribution in [0.2, 0.25) is 5.02 Å². The third-order valence-electron chi connectivity index (χ3n) is 2.95. The molecule has 3 nitrogen and oxygen atoms in total. The van der Waals surface area contributed by atoms with E-state index in [1.54, 1.807) is 48.5 Å². The number of halogens is 1. The molecule has 0 bridgehead atoms. The van der Waals surface area contributed by atoms with Crippen LogP contribution in [-0.4, -0.2) is 12.9 Å². The van der Waals surface area contributed by atoms with Crippen molar-refractivity contribution in [3.63, 3.8) is 0 Å². The second kappa shape index (κ2) is 6.23. The van der Waals surface area contributed by atoms with Gasteiger partial charge in [-0.05, 0) is 18.2 Å². The highest BCUT2D eigenvalue weighted by atomic mass is 35.5. The van der Waals surface area contributed by atoms with Gasteiger partial charge in [-0.3, -0.25) is 4.79 Å². The van der Waals surface area contributed by atoms with Gasteiger partial charge in [0.25, 0.3) is 0 Å². The van der Waals surface area contributed by atoms with Crippen LogP contribution in [0.15, 0.2) is 48.5 Å². The Morgan fingerprint density at radius 3 is 2.65 bits per heavy atom. The Labute approximate surface area is 122 Å². The summed E-state index contributed by atoms with van der Waals surface area (Å²) in [4.78, 5) is 12.5. The highest BCUT2D eigenvalue weighted by Gasteiger charge is 2.24. The Balaban J connectivity index is 2.43. The highest BCUT2D eigenvalue weighted by Crippen LogP contribution is 2.29. The predicted molar refractivity (Wildman–Crippen MR) is 77.1 cm³/mol. The number of hydrogen-bond acceptors (Lipinski definition) is 3. The van der Waals surface area contributed by atoms with Crippen LogP contribution in [0.4, 0.5) is 0 Å². The van der Waals surface area contributed by atoms with Gasteiger partial charge in [-0.25, -0.2) is 0 Å². The molecule has 2 rings (SSSR count). The fourth-order valence-electron chi connectivity index (χ4n) is 1.98. The van der Waals surface area contributed by atoms with Crippen LogP contribution >= 0.6 is 11.6 Å². The van der Waals surface area contributed by atoms with Crippen molar-refractivity contribution in [2.24, 2.45) is 0 Å². The summed E-state index contributed by atoms with van der Waals surface area (Å²) in [6.07, 6.45) is 0. The lowest BCUT2D eigenvalue weighted by Crippen LogP contribution is -2.12. The molecule has 0 aliphatic heterocycles. The lowest BCUT2D eigenvalue weighted by molar-refractivity contribution is 0.0978. The van der Waals surface area contributed by atoms with Gasteiger partial charge < -0.3 is 4.74 Å². The number of nitrogens with zero attached hydrogens (tertiary/aromatic N) is 1. The minimum atomic E-state index is -0.912. The molecule has 0 fully saturated rings. The van der Waals surface area contributed by atoms with Gasteiger partial charge in [-0.1, -0.05) is 41.9 Å². The second-order valence-corrected chi connectivity index (χ2v) is 4.62. The number of para-hydroxylation sites is 1. The molecule has 100 valence electrons. The Kier molecular flexibility index (Phi) is 4.39. The van der Waals surface area contributed by atoms with E-state index < -0.39 is 5.92 Å². The van der Waals surface area contributed by atoms with Gasteiger partial charge in [-0.15, -0.1) is 0 Å². The topological polar surface area (TPSA) is 50.1 Å². The zero-order valence-electron chi connectivity index (χ0n) is 10.8. The SMILES string of the molecule is COc1ccccc1C(C#N)C(=O)c1cccc(Cl)c1. The summed E-state index contributed by atoms with van der Waals surface area (Å²) < 4.78 is 5.21. The number of Topliss-reactive ketones (excluding diaryl/α,β-unsaturated/α-hetero) is 1. The van der Waals surface area contributed by atoms with E-state index in [0.717, 1.165) is 0 Å². The average Bonchev–Trinajstić information content (AvgIpc) is 2.48. The first kappa shape index (κ1) is 14.1. The zero-order chi connectivity index (χ0) is 14.5. The maximum Gasteiger partial charge on any atom is 0.184 e. The van der Waals surface area contributed by atoms with Crippen molar-refractivity contribution >= 4 is 17.4 Å². The Bertz CT molecular complexity index is 676. The second-order valence-electron chi connectivity index (χ2n) is 4.18. The fraction of sp³-hybridized carbons (Fsp3) is 0.125. The Hall–Kier alpha value is -2.31. The molecule has 0 heterocycles. The molecular weight excluding hydrogens is 274 g/mol. The number of methoxy groups -OCH3 is 1. The normalized spacial score (nSPS) is 11.4. The molecule has 2 aromatic carbocycles. The van der Waals surface area contributed by atoms with Crippen LogP contribution in [0, 0.1) is 11.3 Å². The van der Waals surface area contributed by atoms with Crippen molar-refractivity contribution < 1.29 is 9.53 Å². The third-order valence-corrected chi connectivity index (χ3v) is 3.19.